The monoisotopic (exact) mass is 271 g/mol. The van der Waals surface area contributed by atoms with Gasteiger partial charge in [-0.1, -0.05) is 0 Å². The fourth-order valence-corrected chi connectivity index (χ4v) is 1.53. The number of esters is 1. The molecule has 0 aliphatic rings. The minimum Gasteiger partial charge on any atom is -0.465 e. The second-order valence-corrected chi connectivity index (χ2v) is 3.72. The molecule has 3 nitrogen and oxygen atoms in total. The van der Waals surface area contributed by atoms with Crippen LogP contribution in [-0.2, 0) is 4.74 Å². The van der Waals surface area contributed by atoms with Gasteiger partial charge >= 0.3 is 5.97 Å². The van der Waals surface area contributed by atoms with Crippen LogP contribution in [0.1, 0.15) is 15.9 Å². The molecule has 0 fully saturated rings. The average Bonchev–Trinajstić information content (AvgIpc) is 2.20. The number of halogens is 1. The topological polar surface area (TPSA) is 50.1 Å². The fraction of sp³-hybridized carbons (Fsp3) is 0.111. The van der Waals surface area contributed by atoms with Crippen molar-refractivity contribution in [3.05, 3.63) is 27.7 Å². The Morgan fingerprint density at radius 1 is 1.64 bits per heavy atom. The van der Waals surface area contributed by atoms with E-state index >= 15 is 0 Å². The molecular weight excluding hydrogens is 266 g/mol. The highest BCUT2D eigenvalue weighted by molar-refractivity contribution is 9.10. The number of benzene rings is 1. The Morgan fingerprint density at radius 3 is 2.79 bits per heavy atom. The molecule has 1 aromatic rings. The van der Waals surface area contributed by atoms with E-state index in [-0.39, 0.29) is 11.1 Å². The molecule has 1 aromatic carbocycles. The summed E-state index contributed by atoms with van der Waals surface area (Å²) in [6.45, 7) is 0. The molecule has 0 saturated heterocycles. The molecule has 0 bridgehead atoms. The number of nitrogens with zero attached hydrogens (tertiary/aromatic N) is 1. The largest absolute Gasteiger partial charge is 0.465 e. The summed E-state index contributed by atoms with van der Waals surface area (Å²) >= 11 is 7.33. The first-order chi connectivity index (χ1) is 6.61. The lowest BCUT2D eigenvalue weighted by Crippen LogP contribution is -2.04. The zero-order chi connectivity index (χ0) is 10.7. The molecule has 0 heterocycles. The number of carbonyl (C=O) groups is 1. The first kappa shape index (κ1) is 11.1. The molecule has 5 heteroatoms. The van der Waals surface area contributed by atoms with Gasteiger partial charge in [-0.15, -0.1) is 12.6 Å². The van der Waals surface area contributed by atoms with Gasteiger partial charge < -0.3 is 4.74 Å². The van der Waals surface area contributed by atoms with Crippen molar-refractivity contribution >= 4 is 34.5 Å². The zero-order valence-corrected chi connectivity index (χ0v) is 9.72. The lowest BCUT2D eigenvalue weighted by Gasteiger charge is -2.05. The minimum absolute atomic E-state index is 0.217. The quantitative estimate of drug-likeness (QED) is 0.630. The van der Waals surface area contributed by atoms with E-state index in [1.165, 1.54) is 13.2 Å². The molecule has 72 valence electrons. The standard InChI is InChI=1S/C9H6BrNO2S/c1-13-9(12)5-2-3-7(10)8(14)6(5)4-11/h2-3,14H,1H3. The Labute approximate surface area is 95.2 Å². The number of methoxy groups -OCH3 is 1. The van der Waals surface area contributed by atoms with E-state index in [0.717, 1.165) is 0 Å². The molecule has 0 atom stereocenters. The summed E-state index contributed by atoms with van der Waals surface area (Å²) in [5.74, 6) is -0.538. The van der Waals surface area contributed by atoms with Crippen LogP contribution in [0.25, 0.3) is 0 Å². The number of ether oxygens (including phenoxy) is 1. The summed E-state index contributed by atoms with van der Waals surface area (Å²) in [7, 11) is 1.27. The highest BCUT2D eigenvalue weighted by Gasteiger charge is 2.15. The van der Waals surface area contributed by atoms with Gasteiger partial charge in [0.1, 0.15) is 6.07 Å². The van der Waals surface area contributed by atoms with Gasteiger partial charge in [-0.05, 0) is 28.1 Å². The van der Waals surface area contributed by atoms with Gasteiger partial charge in [-0.3, -0.25) is 0 Å². The molecule has 1 rings (SSSR count). The molecule has 0 aliphatic carbocycles. The maximum Gasteiger partial charge on any atom is 0.339 e. The van der Waals surface area contributed by atoms with E-state index in [2.05, 4.69) is 33.3 Å². The Kier molecular flexibility index (Phi) is 3.55. The second kappa shape index (κ2) is 4.49. The van der Waals surface area contributed by atoms with Gasteiger partial charge in [-0.2, -0.15) is 5.26 Å². The fourth-order valence-electron chi connectivity index (χ4n) is 0.959. The van der Waals surface area contributed by atoms with Crippen molar-refractivity contribution < 1.29 is 9.53 Å². The van der Waals surface area contributed by atoms with Gasteiger partial charge in [0.05, 0.1) is 18.2 Å². The molecule has 0 saturated carbocycles. The van der Waals surface area contributed by atoms with E-state index < -0.39 is 5.97 Å². The van der Waals surface area contributed by atoms with E-state index in [1.807, 2.05) is 6.07 Å². The SMILES string of the molecule is COC(=O)c1ccc(Br)c(S)c1C#N. The molecule has 0 amide bonds. The van der Waals surface area contributed by atoms with Crippen molar-refractivity contribution in [3.63, 3.8) is 0 Å². The molecule has 0 spiro atoms. The Balaban J connectivity index is 3.40. The molecular formula is C9H6BrNO2S. The Hall–Kier alpha value is -0.990. The van der Waals surface area contributed by atoms with Crippen molar-refractivity contribution in [2.24, 2.45) is 0 Å². The zero-order valence-electron chi connectivity index (χ0n) is 7.24. The van der Waals surface area contributed by atoms with Crippen molar-refractivity contribution in [1.82, 2.24) is 0 Å². The smallest absolute Gasteiger partial charge is 0.339 e. The molecule has 14 heavy (non-hydrogen) atoms. The van der Waals surface area contributed by atoms with Crippen LogP contribution in [0.5, 0.6) is 0 Å². The van der Waals surface area contributed by atoms with Gasteiger partial charge in [0.2, 0.25) is 0 Å². The first-order valence-corrected chi connectivity index (χ1v) is 4.85. The molecule has 0 N–H and O–H groups in total. The number of nitriles is 1. The number of hydrogen-bond donors (Lipinski definition) is 1. The van der Waals surface area contributed by atoms with Crippen molar-refractivity contribution in [2.75, 3.05) is 7.11 Å². The number of carbonyl (C=O) groups excluding carboxylic acids is 1. The van der Waals surface area contributed by atoms with Crippen LogP contribution in [0.15, 0.2) is 21.5 Å². The lowest BCUT2D eigenvalue weighted by molar-refractivity contribution is 0.0600. The van der Waals surface area contributed by atoms with Crippen LogP contribution < -0.4 is 0 Å². The summed E-state index contributed by atoms with van der Waals surface area (Å²) < 4.78 is 5.21. The van der Waals surface area contributed by atoms with Gasteiger partial charge in [0.25, 0.3) is 0 Å². The molecule has 0 aromatic heterocycles. The maximum absolute atomic E-state index is 11.2. The summed E-state index contributed by atoms with van der Waals surface area (Å²) in [5.41, 5.74) is 0.442. The molecule has 0 radical (unpaired) electrons. The summed E-state index contributed by atoms with van der Waals surface area (Å²) in [6.07, 6.45) is 0. The van der Waals surface area contributed by atoms with Crippen LogP contribution in [0, 0.1) is 11.3 Å². The maximum atomic E-state index is 11.2. The normalized spacial score (nSPS) is 9.29. The average molecular weight is 272 g/mol. The first-order valence-electron chi connectivity index (χ1n) is 3.61. The Morgan fingerprint density at radius 2 is 2.29 bits per heavy atom. The second-order valence-electron chi connectivity index (χ2n) is 2.42. The van der Waals surface area contributed by atoms with E-state index in [4.69, 9.17) is 5.26 Å². The number of rotatable bonds is 1. The third-order valence-corrected chi connectivity index (χ3v) is 3.08. The summed E-state index contributed by atoms with van der Waals surface area (Å²) in [4.78, 5) is 11.7. The summed E-state index contributed by atoms with van der Waals surface area (Å²) in [6, 6.07) is 5.08. The van der Waals surface area contributed by atoms with Crippen molar-refractivity contribution in [2.45, 2.75) is 4.90 Å². The lowest BCUT2D eigenvalue weighted by atomic mass is 10.1. The predicted octanol–water partition coefficient (Wildman–Crippen LogP) is 2.40. The van der Waals surface area contributed by atoms with Crippen LogP contribution in [-0.4, -0.2) is 13.1 Å². The Bertz CT molecular complexity index is 426. The highest BCUT2D eigenvalue weighted by Crippen LogP contribution is 2.27. The van der Waals surface area contributed by atoms with Gasteiger partial charge in [-0.25, -0.2) is 4.79 Å². The van der Waals surface area contributed by atoms with Crippen LogP contribution in [0.2, 0.25) is 0 Å². The van der Waals surface area contributed by atoms with Gasteiger partial charge in [0.15, 0.2) is 0 Å². The highest BCUT2D eigenvalue weighted by atomic mass is 79.9. The predicted molar refractivity (Wildman–Crippen MR) is 57.4 cm³/mol. The summed E-state index contributed by atoms with van der Waals surface area (Å²) in [5, 5.41) is 8.84. The van der Waals surface area contributed by atoms with Crippen LogP contribution >= 0.6 is 28.6 Å². The number of hydrogen-bond acceptors (Lipinski definition) is 4. The van der Waals surface area contributed by atoms with Crippen molar-refractivity contribution in [1.29, 1.82) is 5.26 Å². The van der Waals surface area contributed by atoms with Gasteiger partial charge in [0, 0.05) is 9.37 Å². The molecule has 0 unspecified atom stereocenters. The van der Waals surface area contributed by atoms with Crippen LogP contribution in [0.3, 0.4) is 0 Å². The van der Waals surface area contributed by atoms with E-state index in [1.54, 1.807) is 6.07 Å². The third-order valence-electron chi connectivity index (χ3n) is 1.65. The molecule has 0 aliphatic heterocycles. The minimum atomic E-state index is -0.538. The van der Waals surface area contributed by atoms with Crippen LogP contribution in [0.4, 0.5) is 0 Å². The van der Waals surface area contributed by atoms with E-state index in [0.29, 0.717) is 9.37 Å². The number of thiol groups is 1. The third kappa shape index (κ3) is 1.91. The van der Waals surface area contributed by atoms with Crippen molar-refractivity contribution in [3.8, 4) is 6.07 Å². The van der Waals surface area contributed by atoms with E-state index in [9.17, 15) is 4.79 Å².